The molecule has 3 unspecified atom stereocenters. The summed E-state index contributed by atoms with van der Waals surface area (Å²) in [6.45, 7) is 39.4. The third-order valence-corrected chi connectivity index (χ3v) is 11.3. The zero-order valence-corrected chi connectivity index (χ0v) is 40.1. The van der Waals surface area contributed by atoms with Crippen molar-refractivity contribution >= 4 is 41.4 Å². The number of amides is 7. The lowest BCUT2D eigenvalue weighted by atomic mass is 9.80. The second-order valence-corrected chi connectivity index (χ2v) is 23.8. The maximum atomic E-state index is 12.3. The van der Waals surface area contributed by atoms with Crippen LogP contribution in [0.25, 0.3) is 0 Å². The molecule has 0 bridgehead atoms. The molecule has 3 saturated heterocycles. The van der Waals surface area contributed by atoms with Crippen LogP contribution in [0.15, 0.2) is 0 Å². The van der Waals surface area contributed by atoms with E-state index >= 15 is 0 Å². The van der Waals surface area contributed by atoms with E-state index in [9.17, 15) is 33.6 Å². The number of carbonyl (C=O) groups excluding carboxylic acids is 7. The molecule has 11 heteroatoms. The Morgan fingerprint density at radius 3 is 1.10 bits per heavy atom. The molecule has 3 aliphatic rings. The predicted octanol–water partition coefficient (Wildman–Crippen LogP) is 8.82. The molecule has 3 atom stereocenters. The second-order valence-electron chi connectivity index (χ2n) is 23.8. The number of nitrogens with zero attached hydrogens (tertiary/aromatic N) is 3. The van der Waals surface area contributed by atoms with Crippen LogP contribution >= 0.6 is 0 Å². The monoisotopic (exact) mass is 817 g/mol. The van der Waals surface area contributed by atoms with Gasteiger partial charge in [0.15, 0.2) is 0 Å². The lowest BCUT2D eigenvalue weighted by Crippen LogP contribution is -2.37. The average Bonchev–Trinajstić information content (AvgIpc) is 3.60. The van der Waals surface area contributed by atoms with Crippen LogP contribution in [-0.4, -0.2) is 82.2 Å². The summed E-state index contributed by atoms with van der Waals surface area (Å²) in [6, 6.07) is 0. The molecule has 7 amide bonds. The Labute approximate surface area is 352 Å². The fourth-order valence-corrected chi connectivity index (χ4v) is 7.04. The quantitative estimate of drug-likeness (QED) is 0.162. The highest BCUT2D eigenvalue weighted by atomic mass is 16.2. The summed E-state index contributed by atoms with van der Waals surface area (Å²) in [7, 11) is 0. The topological polar surface area (TPSA) is 141 Å². The summed E-state index contributed by atoms with van der Waals surface area (Å²) in [4.78, 5) is 88.5. The van der Waals surface area contributed by atoms with Gasteiger partial charge in [0, 0.05) is 51.9 Å². The van der Waals surface area contributed by atoms with Crippen LogP contribution in [0.5, 0.6) is 0 Å². The third kappa shape index (κ3) is 18.0. The molecule has 3 heterocycles. The fourth-order valence-electron chi connectivity index (χ4n) is 7.04. The minimum absolute atomic E-state index is 0.000764. The number of carbonyl (C=O) groups is 7. The van der Waals surface area contributed by atoms with Crippen molar-refractivity contribution < 1.29 is 33.6 Å². The van der Waals surface area contributed by atoms with Crippen molar-refractivity contribution in [3.63, 3.8) is 0 Å². The molecule has 0 radical (unpaired) electrons. The molecule has 334 valence electrons. The molecule has 3 aliphatic heterocycles. The summed E-state index contributed by atoms with van der Waals surface area (Å²) in [5.41, 5.74) is 0.189. The minimum Gasteiger partial charge on any atom is -0.356 e. The molecule has 0 aromatic carbocycles. The number of rotatable bonds is 11. The third-order valence-electron chi connectivity index (χ3n) is 11.3. The maximum absolute atomic E-state index is 12.3. The zero-order valence-electron chi connectivity index (χ0n) is 40.1. The van der Waals surface area contributed by atoms with E-state index in [1.807, 2.05) is 62.3 Å². The Bertz CT molecular complexity index is 1460. The molecule has 1 N–H and O–H groups in total. The van der Waals surface area contributed by atoms with E-state index in [1.165, 1.54) is 14.7 Å². The average molecular weight is 817 g/mol. The molecule has 3 fully saturated rings. The van der Waals surface area contributed by atoms with Crippen molar-refractivity contribution in [2.75, 3.05) is 26.2 Å². The van der Waals surface area contributed by atoms with Gasteiger partial charge in [-0.3, -0.25) is 48.3 Å². The standard InChI is InChI=1S/C17H30N2O3.C16H29NO2.C14H25NO2/c1-16(2,3)8-9-18-13(20)7-10-19-14(21)11-12(15(19)22)17(4,5)6;1-15(2,3)9-7-8-10-17-13(18)11-12(14(17)19)16(4,5)6;1-13(2,3)7-8-15-11(16)9-10(12(15)17)14(4,5)6/h12H,7-11H2,1-6H3,(H,18,20);12H,7-11H2,1-6H3;10H,7-9H2,1-6H3. The fraction of sp³-hybridized carbons (Fsp3) is 0.851. The summed E-state index contributed by atoms with van der Waals surface area (Å²) in [6.07, 6.45) is 6.09. The summed E-state index contributed by atoms with van der Waals surface area (Å²) < 4.78 is 0. The molecular weight excluding hydrogens is 733 g/mol. The SMILES string of the molecule is CC(C)(C)CCCCN1C(=O)CC(C(C)(C)C)C1=O.CC(C)(C)CCN1C(=O)CC(C(C)(C)C)C1=O.CC(C)(C)CCNC(=O)CCN1C(=O)CC(C(C)(C)C)C1=O. The predicted molar refractivity (Wildman–Crippen MR) is 232 cm³/mol. The van der Waals surface area contributed by atoms with Crippen LogP contribution in [0.4, 0.5) is 0 Å². The van der Waals surface area contributed by atoms with Crippen LogP contribution in [0.2, 0.25) is 0 Å². The first-order valence-electron chi connectivity index (χ1n) is 21.8. The van der Waals surface area contributed by atoms with Gasteiger partial charge in [-0.15, -0.1) is 0 Å². The maximum Gasteiger partial charge on any atom is 0.233 e. The number of unbranched alkanes of at least 4 members (excludes halogenated alkanes) is 1. The Balaban J connectivity index is 0.000000439. The van der Waals surface area contributed by atoms with Crippen LogP contribution < -0.4 is 5.32 Å². The molecule has 0 spiro atoms. The van der Waals surface area contributed by atoms with E-state index in [1.54, 1.807) is 0 Å². The highest BCUT2D eigenvalue weighted by Crippen LogP contribution is 2.38. The van der Waals surface area contributed by atoms with Gasteiger partial charge in [0.25, 0.3) is 0 Å². The van der Waals surface area contributed by atoms with Gasteiger partial charge < -0.3 is 5.32 Å². The summed E-state index contributed by atoms with van der Waals surface area (Å²) >= 11 is 0. The van der Waals surface area contributed by atoms with E-state index in [0.717, 1.165) is 32.1 Å². The first-order valence-corrected chi connectivity index (χ1v) is 21.8. The Hall–Kier alpha value is -3.11. The number of imide groups is 3. The number of hydrogen-bond acceptors (Lipinski definition) is 7. The van der Waals surface area contributed by atoms with Crippen molar-refractivity contribution in [2.45, 2.75) is 182 Å². The van der Waals surface area contributed by atoms with E-state index in [0.29, 0.717) is 37.9 Å². The Kier molecular flexibility index (Phi) is 18.6. The van der Waals surface area contributed by atoms with E-state index in [-0.39, 0.29) is 106 Å². The highest BCUT2D eigenvalue weighted by molar-refractivity contribution is 6.05. The van der Waals surface area contributed by atoms with Crippen molar-refractivity contribution in [2.24, 2.45) is 50.2 Å². The Morgan fingerprint density at radius 2 is 0.793 bits per heavy atom. The zero-order chi connectivity index (χ0) is 45.4. The lowest BCUT2D eigenvalue weighted by Gasteiger charge is -2.26. The van der Waals surface area contributed by atoms with Crippen LogP contribution in [0, 0.1) is 50.2 Å². The molecular formula is C47H84N4O7. The van der Waals surface area contributed by atoms with Crippen molar-refractivity contribution in [3.05, 3.63) is 0 Å². The van der Waals surface area contributed by atoms with E-state index < -0.39 is 0 Å². The normalized spacial score (nSPS) is 21.1. The molecule has 11 nitrogen and oxygen atoms in total. The van der Waals surface area contributed by atoms with Crippen molar-refractivity contribution in [1.82, 2.24) is 20.0 Å². The molecule has 0 aromatic rings. The van der Waals surface area contributed by atoms with Crippen molar-refractivity contribution in [1.29, 1.82) is 0 Å². The highest BCUT2D eigenvalue weighted by Gasteiger charge is 2.46. The van der Waals surface area contributed by atoms with E-state index in [4.69, 9.17) is 0 Å². The molecule has 0 saturated carbocycles. The Morgan fingerprint density at radius 1 is 0.466 bits per heavy atom. The molecule has 58 heavy (non-hydrogen) atoms. The van der Waals surface area contributed by atoms with Gasteiger partial charge in [0.1, 0.15) is 0 Å². The molecule has 0 aliphatic carbocycles. The number of hydrogen-bond donors (Lipinski definition) is 1. The van der Waals surface area contributed by atoms with Gasteiger partial charge in [-0.2, -0.15) is 0 Å². The minimum atomic E-state index is -0.274. The van der Waals surface area contributed by atoms with Gasteiger partial charge in [-0.05, 0) is 58.2 Å². The molecule has 3 rings (SSSR count). The van der Waals surface area contributed by atoms with Crippen LogP contribution in [0.1, 0.15) is 182 Å². The van der Waals surface area contributed by atoms with Crippen molar-refractivity contribution in [3.8, 4) is 0 Å². The van der Waals surface area contributed by atoms with Gasteiger partial charge in [-0.1, -0.05) is 131 Å². The van der Waals surface area contributed by atoms with Gasteiger partial charge >= 0.3 is 0 Å². The van der Waals surface area contributed by atoms with Gasteiger partial charge in [0.05, 0.1) is 17.8 Å². The van der Waals surface area contributed by atoms with Gasteiger partial charge in [-0.25, -0.2) is 0 Å². The second kappa shape index (κ2) is 20.4. The van der Waals surface area contributed by atoms with E-state index in [2.05, 4.69) is 67.6 Å². The van der Waals surface area contributed by atoms with Crippen LogP contribution in [-0.2, 0) is 33.6 Å². The van der Waals surface area contributed by atoms with Crippen LogP contribution in [0.3, 0.4) is 0 Å². The molecule has 0 aromatic heterocycles. The summed E-state index contributed by atoms with van der Waals surface area (Å²) in [5.74, 6) is -0.891. The largest absolute Gasteiger partial charge is 0.356 e. The lowest BCUT2D eigenvalue weighted by molar-refractivity contribution is -0.142. The van der Waals surface area contributed by atoms with Gasteiger partial charge in [0.2, 0.25) is 41.4 Å². The number of nitrogens with one attached hydrogen (secondary N) is 1. The first-order chi connectivity index (χ1) is 26.0. The number of likely N-dealkylation sites (tertiary alicyclic amines) is 3. The summed E-state index contributed by atoms with van der Waals surface area (Å²) in [5, 5.41) is 2.85. The smallest absolute Gasteiger partial charge is 0.233 e. The first kappa shape index (κ1) is 52.9.